The zero-order valence-electron chi connectivity index (χ0n) is 34.8. The van der Waals surface area contributed by atoms with Gasteiger partial charge in [0, 0.05) is 27.3 Å². The lowest BCUT2D eigenvalue weighted by Gasteiger charge is -2.20. The molecule has 0 saturated heterocycles. The first kappa shape index (κ1) is 36.2. The summed E-state index contributed by atoms with van der Waals surface area (Å²) < 4.78 is 0. The molecule has 13 aromatic rings. The lowest BCUT2D eigenvalue weighted by molar-refractivity contribution is 1.40. The number of hydrogen-bond acceptors (Lipinski definition) is 2. The Labute approximate surface area is 370 Å². The second-order valence-corrected chi connectivity index (χ2v) is 16.9. The van der Waals surface area contributed by atoms with Crippen molar-refractivity contribution in [3.63, 3.8) is 0 Å². The number of rotatable bonds is 5. The first-order chi connectivity index (χ1) is 31.7. The van der Waals surface area contributed by atoms with Gasteiger partial charge in [0.15, 0.2) is 0 Å². The lowest BCUT2D eigenvalue weighted by atomic mass is 9.83. The largest absolute Gasteiger partial charge is 0.248 e. The Kier molecular flexibility index (Phi) is 8.25. The van der Waals surface area contributed by atoms with Crippen molar-refractivity contribution in [2.45, 2.75) is 0 Å². The number of aromatic nitrogens is 2. The van der Waals surface area contributed by atoms with Crippen molar-refractivity contribution in [2.75, 3.05) is 0 Å². The zero-order valence-corrected chi connectivity index (χ0v) is 34.8. The first-order valence-electron chi connectivity index (χ1n) is 22.0. The molecule has 0 aliphatic rings. The molecule has 0 atom stereocenters. The minimum Gasteiger partial charge on any atom is -0.248 e. The monoisotopic (exact) mass is 810 g/mol. The fraction of sp³-hybridized carbons (Fsp3) is 0. The van der Waals surface area contributed by atoms with Gasteiger partial charge in [-0.25, -0.2) is 9.97 Å². The highest BCUT2D eigenvalue weighted by molar-refractivity contribution is 6.23. The zero-order chi connectivity index (χ0) is 42.1. The van der Waals surface area contributed by atoms with E-state index >= 15 is 0 Å². The van der Waals surface area contributed by atoms with E-state index in [1.807, 2.05) is 0 Å². The lowest BCUT2D eigenvalue weighted by Crippen LogP contribution is -1.94. The Morgan fingerprint density at radius 2 is 0.688 bits per heavy atom. The quantitative estimate of drug-likeness (QED) is 0.128. The molecule has 296 valence electrons. The Bertz CT molecular complexity index is 4010. The van der Waals surface area contributed by atoms with Crippen LogP contribution in [0.4, 0.5) is 0 Å². The molecule has 0 bridgehead atoms. The summed E-state index contributed by atoms with van der Waals surface area (Å²) in [7, 11) is 0. The first-order valence-corrected chi connectivity index (χ1v) is 22.0. The fourth-order valence-corrected chi connectivity index (χ4v) is 10.1. The Morgan fingerprint density at radius 3 is 1.36 bits per heavy atom. The van der Waals surface area contributed by atoms with Crippen LogP contribution in [0.2, 0.25) is 0 Å². The second-order valence-electron chi connectivity index (χ2n) is 16.9. The molecule has 2 aromatic heterocycles. The van der Waals surface area contributed by atoms with Crippen LogP contribution in [0.15, 0.2) is 231 Å². The van der Waals surface area contributed by atoms with E-state index in [0.717, 1.165) is 49.9 Å². The second kappa shape index (κ2) is 14.6. The topological polar surface area (TPSA) is 25.8 Å². The molecule has 0 N–H and O–H groups in total. The number of para-hydroxylation sites is 2. The highest BCUT2D eigenvalue weighted by Gasteiger charge is 2.20. The van der Waals surface area contributed by atoms with E-state index in [1.54, 1.807) is 0 Å². The number of fused-ring (bicyclic) bond motifs is 8. The summed E-state index contributed by atoms with van der Waals surface area (Å²) in [5.74, 6) is 0. The molecule has 0 amide bonds. The number of pyridine rings is 2. The smallest absolute Gasteiger partial charge is 0.0788 e. The van der Waals surface area contributed by atoms with Gasteiger partial charge in [-0.1, -0.05) is 188 Å². The van der Waals surface area contributed by atoms with Crippen molar-refractivity contribution in [1.29, 1.82) is 0 Å². The van der Waals surface area contributed by atoms with E-state index < -0.39 is 0 Å². The molecular formula is C62H38N2. The standard InChI is InChI=1S/C62H38N2/c1-3-14-44-35-48(27-23-39(44)11-1)60-53-33-30-47(58-34-31-42-13-5-9-19-57(42)63-58)38-56(53)61(49-28-24-40-12-2-4-15-45(40)36-49)52-32-29-46(37-55(52)60)41-21-25-43(26-22-41)62-54-18-7-6-16-50(54)51-17-8-10-20-59(51)64-62/h1-38H. The molecule has 11 aromatic carbocycles. The summed E-state index contributed by atoms with van der Waals surface area (Å²) in [5.41, 5.74) is 13.3. The van der Waals surface area contributed by atoms with E-state index in [9.17, 15) is 0 Å². The molecule has 0 fully saturated rings. The van der Waals surface area contributed by atoms with Gasteiger partial charge in [-0.05, 0) is 124 Å². The maximum atomic E-state index is 5.20. The maximum Gasteiger partial charge on any atom is 0.0788 e. The molecule has 64 heavy (non-hydrogen) atoms. The van der Waals surface area contributed by atoms with Crippen LogP contribution in [0.3, 0.4) is 0 Å². The molecule has 0 aliphatic heterocycles. The van der Waals surface area contributed by atoms with Gasteiger partial charge in [0.1, 0.15) is 0 Å². The molecule has 2 nitrogen and oxygen atoms in total. The van der Waals surface area contributed by atoms with Crippen LogP contribution in [0.25, 0.3) is 132 Å². The minimum absolute atomic E-state index is 0.961. The van der Waals surface area contributed by atoms with Crippen LogP contribution in [-0.4, -0.2) is 9.97 Å². The van der Waals surface area contributed by atoms with Crippen LogP contribution >= 0.6 is 0 Å². The third-order valence-electron chi connectivity index (χ3n) is 13.2. The summed E-state index contributed by atoms with van der Waals surface area (Å²) in [6.07, 6.45) is 0. The van der Waals surface area contributed by atoms with Crippen LogP contribution in [0, 0.1) is 0 Å². The highest BCUT2D eigenvalue weighted by Crippen LogP contribution is 2.47. The molecule has 0 unspecified atom stereocenters. The predicted molar refractivity (Wildman–Crippen MR) is 272 cm³/mol. The molecule has 0 saturated carbocycles. The van der Waals surface area contributed by atoms with Crippen LogP contribution in [-0.2, 0) is 0 Å². The summed E-state index contributed by atoms with van der Waals surface area (Å²) in [4.78, 5) is 10.4. The normalized spacial score (nSPS) is 11.8. The molecule has 2 heterocycles. The van der Waals surface area contributed by atoms with Gasteiger partial charge in [0.05, 0.1) is 22.4 Å². The van der Waals surface area contributed by atoms with Gasteiger partial charge >= 0.3 is 0 Å². The maximum absolute atomic E-state index is 5.20. The molecule has 13 rings (SSSR count). The summed E-state index contributed by atoms with van der Waals surface area (Å²) in [6.45, 7) is 0. The van der Waals surface area contributed by atoms with Crippen LogP contribution < -0.4 is 0 Å². The van der Waals surface area contributed by atoms with Crippen molar-refractivity contribution in [2.24, 2.45) is 0 Å². The summed E-state index contributed by atoms with van der Waals surface area (Å²) in [5, 5.41) is 14.4. The third kappa shape index (κ3) is 5.95. The average molecular weight is 811 g/mol. The number of benzene rings is 11. The van der Waals surface area contributed by atoms with Crippen molar-refractivity contribution in [1.82, 2.24) is 9.97 Å². The van der Waals surface area contributed by atoms with Gasteiger partial charge in [-0.2, -0.15) is 0 Å². The van der Waals surface area contributed by atoms with Gasteiger partial charge in [0.25, 0.3) is 0 Å². The van der Waals surface area contributed by atoms with E-state index in [4.69, 9.17) is 9.97 Å². The Hall–Kier alpha value is -8.46. The Morgan fingerprint density at radius 1 is 0.219 bits per heavy atom. The third-order valence-corrected chi connectivity index (χ3v) is 13.2. The SMILES string of the molecule is c1ccc2cc(-c3c4ccc(-c5ccc6ccccc6n5)cc4c(-c4ccc5ccccc5c4)c4ccc(-c5ccc(-c6nc7ccccc7c7ccccc67)cc5)cc34)ccc2c1. The van der Waals surface area contributed by atoms with Crippen LogP contribution in [0.5, 0.6) is 0 Å². The van der Waals surface area contributed by atoms with E-state index in [1.165, 1.54) is 81.7 Å². The predicted octanol–water partition coefficient (Wildman–Crippen LogP) is 16.9. The van der Waals surface area contributed by atoms with E-state index in [0.29, 0.717) is 0 Å². The van der Waals surface area contributed by atoms with Gasteiger partial charge in [-0.15, -0.1) is 0 Å². The summed E-state index contributed by atoms with van der Waals surface area (Å²) >= 11 is 0. The van der Waals surface area contributed by atoms with E-state index in [-0.39, 0.29) is 0 Å². The van der Waals surface area contributed by atoms with Crippen molar-refractivity contribution < 1.29 is 0 Å². The van der Waals surface area contributed by atoms with Gasteiger partial charge < -0.3 is 0 Å². The number of hydrogen-bond donors (Lipinski definition) is 0. The Balaban J connectivity index is 1.06. The average Bonchev–Trinajstić information content (AvgIpc) is 3.37. The van der Waals surface area contributed by atoms with Crippen molar-refractivity contribution >= 4 is 75.7 Å². The van der Waals surface area contributed by atoms with E-state index in [2.05, 4.69) is 231 Å². The van der Waals surface area contributed by atoms with Crippen LogP contribution in [0.1, 0.15) is 0 Å². The molecular weight excluding hydrogens is 773 g/mol. The minimum atomic E-state index is 0.961. The van der Waals surface area contributed by atoms with Crippen molar-refractivity contribution in [3.05, 3.63) is 231 Å². The molecule has 0 radical (unpaired) electrons. The molecule has 2 heteroatoms. The van der Waals surface area contributed by atoms with Crippen molar-refractivity contribution in [3.8, 4) is 55.9 Å². The molecule has 0 spiro atoms. The number of nitrogens with zero attached hydrogens (tertiary/aromatic N) is 2. The fourth-order valence-electron chi connectivity index (χ4n) is 10.1. The van der Waals surface area contributed by atoms with Gasteiger partial charge in [0.2, 0.25) is 0 Å². The van der Waals surface area contributed by atoms with Gasteiger partial charge in [-0.3, -0.25) is 0 Å². The molecule has 0 aliphatic carbocycles. The highest BCUT2D eigenvalue weighted by atomic mass is 14.7. The summed E-state index contributed by atoms with van der Waals surface area (Å²) in [6, 6.07) is 83.9.